The van der Waals surface area contributed by atoms with Gasteiger partial charge in [-0.3, -0.25) is 0 Å². The van der Waals surface area contributed by atoms with Crippen molar-refractivity contribution in [2.45, 2.75) is 58.5 Å². The molecule has 0 radical (unpaired) electrons. The van der Waals surface area contributed by atoms with E-state index in [-0.39, 0.29) is 0 Å². The number of hydrogen-bond donors (Lipinski definition) is 1. The van der Waals surface area contributed by atoms with E-state index in [1.807, 2.05) is 12.3 Å². The first-order valence-corrected chi connectivity index (χ1v) is 7.89. The first kappa shape index (κ1) is 15.3. The molecule has 1 aromatic rings. The van der Waals surface area contributed by atoms with Crippen LogP contribution in [0.4, 0.5) is 0 Å². The normalized spacial score (nSPS) is 23.0. The molecule has 0 aromatic carbocycles. The Morgan fingerprint density at radius 2 is 2.25 bits per heavy atom. The number of aromatic nitrogens is 1. The lowest BCUT2D eigenvalue weighted by molar-refractivity contribution is 0.252. The second-order valence-corrected chi connectivity index (χ2v) is 6.45. The molecule has 0 bridgehead atoms. The number of hydrogen-bond acceptors (Lipinski definition) is 3. The number of nitrogens with one attached hydrogen (secondary N) is 1. The Kier molecular flexibility index (Phi) is 5.84. The first-order chi connectivity index (χ1) is 9.67. The van der Waals surface area contributed by atoms with Gasteiger partial charge < -0.3 is 10.1 Å². The second kappa shape index (κ2) is 7.63. The van der Waals surface area contributed by atoms with Gasteiger partial charge in [-0.05, 0) is 42.7 Å². The highest BCUT2D eigenvalue weighted by molar-refractivity contribution is 5.20. The first-order valence-electron chi connectivity index (χ1n) is 7.89. The minimum Gasteiger partial charge on any atom is -0.481 e. The number of nitrogens with zero attached hydrogens (tertiary/aromatic N) is 1. The predicted octanol–water partition coefficient (Wildman–Crippen LogP) is 3.78. The monoisotopic (exact) mass is 276 g/mol. The zero-order valence-corrected chi connectivity index (χ0v) is 13.1. The van der Waals surface area contributed by atoms with Crippen molar-refractivity contribution in [1.29, 1.82) is 0 Å². The quantitative estimate of drug-likeness (QED) is 0.858. The van der Waals surface area contributed by atoms with Gasteiger partial charge in [-0.25, -0.2) is 4.98 Å². The molecule has 1 saturated carbocycles. The van der Waals surface area contributed by atoms with Crippen molar-refractivity contribution in [3.63, 3.8) is 0 Å². The van der Waals surface area contributed by atoms with Crippen LogP contribution in [0, 0.1) is 11.8 Å². The minimum absolute atomic E-state index is 0.673. The summed E-state index contributed by atoms with van der Waals surface area (Å²) in [7, 11) is 1.66. The maximum atomic E-state index is 5.17. The molecule has 3 heteroatoms. The van der Waals surface area contributed by atoms with Gasteiger partial charge in [0.05, 0.1) is 7.11 Å². The molecule has 1 aromatic heterocycles. The second-order valence-electron chi connectivity index (χ2n) is 6.45. The van der Waals surface area contributed by atoms with Crippen molar-refractivity contribution in [3.8, 4) is 5.88 Å². The van der Waals surface area contributed by atoms with Crippen molar-refractivity contribution >= 4 is 0 Å². The largest absolute Gasteiger partial charge is 0.481 e. The van der Waals surface area contributed by atoms with Crippen LogP contribution in [0.1, 0.15) is 51.5 Å². The molecule has 2 unspecified atom stereocenters. The molecular weight excluding hydrogens is 248 g/mol. The Hall–Kier alpha value is -1.09. The van der Waals surface area contributed by atoms with Crippen molar-refractivity contribution in [2.24, 2.45) is 11.8 Å². The highest BCUT2D eigenvalue weighted by Gasteiger charge is 2.22. The zero-order valence-electron chi connectivity index (χ0n) is 13.1. The van der Waals surface area contributed by atoms with Crippen LogP contribution in [0.25, 0.3) is 0 Å². The minimum atomic E-state index is 0.673. The summed E-state index contributed by atoms with van der Waals surface area (Å²) in [5.74, 6) is 2.43. The van der Waals surface area contributed by atoms with E-state index >= 15 is 0 Å². The number of rotatable bonds is 6. The predicted molar refractivity (Wildman–Crippen MR) is 82.8 cm³/mol. The van der Waals surface area contributed by atoms with E-state index in [0.717, 1.165) is 18.4 Å². The summed E-state index contributed by atoms with van der Waals surface area (Å²) in [5, 5.41) is 3.71. The molecule has 20 heavy (non-hydrogen) atoms. The van der Waals surface area contributed by atoms with E-state index in [1.165, 1.54) is 37.7 Å². The van der Waals surface area contributed by atoms with Crippen LogP contribution >= 0.6 is 0 Å². The Morgan fingerprint density at radius 1 is 1.40 bits per heavy atom. The Labute approximate surface area is 123 Å². The van der Waals surface area contributed by atoms with E-state index in [1.54, 1.807) is 7.11 Å². The molecule has 0 amide bonds. The molecule has 1 aliphatic rings. The SMILES string of the molecule is COc1cc(CNC2CCCC(CC(C)C)C2)ccn1. The van der Waals surface area contributed by atoms with E-state index in [9.17, 15) is 0 Å². The Morgan fingerprint density at radius 3 is 3.00 bits per heavy atom. The lowest BCUT2D eigenvalue weighted by Crippen LogP contribution is -2.34. The highest BCUT2D eigenvalue weighted by atomic mass is 16.5. The van der Waals surface area contributed by atoms with Crippen molar-refractivity contribution in [3.05, 3.63) is 23.9 Å². The molecule has 0 saturated heterocycles. The number of methoxy groups -OCH3 is 1. The molecule has 1 aliphatic carbocycles. The molecule has 0 aliphatic heterocycles. The summed E-state index contributed by atoms with van der Waals surface area (Å²) >= 11 is 0. The van der Waals surface area contributed by atoms with Gasteiger partial charge in [0.1, 0.15) is 0 Å². The van der Waals surface area contributed by atoms with Crippen LogP contribution in [-0.2, 0) is 6.54 Å². The van der Waals surface area contributed by atoms with Gasteiger partial charge in [0.15, 0.2) is 0 Å². The summed E-state index contributed by atoms with van der Waals surface area (Å²) in [6, 6.07) is 4.75. The molecule has 2 atom stereocenters. The average molecular weight is 276 g/mol. The molecule has 0 spiro atoms. The number of ether oxygens (including phenoxy) is 1. The lowest BCUT2D eigenvalue weighted by atomic mass is 9.81. The van der Waals surface area contributed by atoms with Gasteiger partial charge in [-0.15, -0.1) is 0 Å². The summed E-state index contributed by atoms with van der Waals surface area (Å²) in [6.45, 7) is 5.58. The molecule has 1 heterocycles. The fourth-order valence-electron chi connectivity index (χ4n) is 3.29. The van der Waals surface area contributed by atoms with Gasteiger partial charge in [0.25, 0.3) is 0 Å². The zero-order chi connectivity index (χ0) is 14.4. The maximum Gasteiger partial charge on any atom is 0.213 e. The van der Waals surface area contributed by atoms with Crippen molar-refractivity contribution in [2.75, 3.05) is 7.11 Å². The molecule has 3 nitrogen and oxygen atoms in total. The van der Waals surface area contributed by atoms with E-state index in [0.29, 0.717) is 11.9 Å². The third kappa shape index (κ3) is 4.78. The smallest absolute Gasteiger partial charge is 0.213 e. The Bertz CT molecular complexity index is 406. The summed E-state index contributed by atoms with van der Waals surface area (Å²) in [4.78, 5) is 4.15. The third-order valence-corrected chi connectivity index (χ3v) is 4.19. The Balaban J connectivity index is 1.80. The number of pyridine rings is 1. The van der Waals surface area contributed by atoms with E-state index in [4.69, 9.17) is 4.74 Å². The molecule has 112 valence electrons. The van der Waals surface area contributed by atoms with Crippen molar-refractivity contribution in [1.82, 2.24) is 10.3 Å². The van der Waals surface area contributed by atoms with E-state index < -0.39 is 0 Å². The molecular formula is C17H28N2O. The summed E-state index contributed by atoms with van der Waals surface area (Å²) < 4.78 is 5.17. The van der Waals surface area contributed by atoms with Crippen LogP contribution < -0.4 is 10.1 Å². The fourth-order valence-corrected chi connectivity index (χ4v) is 3.29. The molecule has 2 rings (SSSR count). The summed E-state index contributed by atoms with van der Waals surface area (Å²) in [5.41, 5.74) is 1.25. The van der Waals surface area contributed by atoms with Gasteiger partial charge >= 0.3 is 0 Å². The third-order valence-electron chi connectivity index (χ3n) is 4.19. The van der Waals surface area contributed by atoms with Crippen LogP contribution in [0.2, 0.25) is 0 Å². The van der Waals surface area contributed by atoms with Crippen LogP contribution in [0.15, 0.2) is 18.3 Å². The fraction of sp³-hybridized carbons (Fsp3) is 0.706. The van der Waals surface area contributed by atoms with Crippen LogP contribution in [0.3, 0.4) is 0 Å². The molecule has 1 fully saturated rings. The van der Waals surface area contributed by atoms with Gasteiger partial charge in [0.2, 0.25) is 5.88 Å². The maximum absolute atomic E-state index is 5.17. The van der Waals surface area contributed by atoms with Gasteiger partial charge in [-0.1, -0.05) is 26.7 Å². The standard InChI is InChI=1S/C17H28N2O/c1-13(2)9-14-5-4-6-16(10-14)19-12-15-7-8-18-17(11-15)20-3/h7-8,11,13-14,16,19H,4-6,9-10,12H2,1-3H3. The van der Waals surface area contributed by atoms with Crippen molar-refractivity contribution < 1.29 is 4.74 Å². The lowest BCUT2D eigenvalue weighted by Gasteiger charge is -2.31. The molecule has 1 N–H and O–H groups in total. The summed E-state index contributed by atoms with van der Waals surface area (Å²) in [6.07, 6.45) is 8.63. The van der Waals surface area contributed by atoms with Crippen LogP contribution in [0.5, 0.6) is 5.88 Å². The van der Waals surface area contributed by atoms with E-state index in [2.05, 4.69) is 30.2 Å². The van der Waals surface area contributed by atoms with Gasteiger partial charge in [0, 0.05) is 24.8 Å². The highest BCUT2D eigenvalue weighted by Crippen LogP contribution is 2.29. The van der Waals surface area contributed by atoms with Gasteiger partial charge in [-0.2, -0.15) is 0 Å². The van der Waals surface area contributed by atoms with Crippen LogP contribution in [-0.4, -0.2) is 18.1 Å². The average Bonchev–Trinajstić information content (AvgIpc) is 2.45. The topological polar surface area (TPSA) is 34.1 Å².